The Morgan fingerprint density at radius 2 is 1.78 bits per heavy atom. The second-order valence-electron chi connectivity index (χ2n) is 7.38. The van der Waals surface area contributed by atoms with Crippen molar-refractivity contribution >= 4 is 0 Å². The fraction of sp³-hybridized carbons (Fsp3) is 0.450. The summed E-state index contributed by atoms with van der Waals surface area (Å²) < 4.78 is 60.3. The molecule has 1 aromatic carbocycles. The van der Waals surface area contributed by atoms with Crippen molar-refractivity contribution in [3.8, 4) is 5.75 Å². The molecule has 2 rings (SSSR count). The highest BCUT2D eigenvalue weighted by molar-refractivity contribution is 5.40. The summed E-state index contributed by atoms with van der Waals surface area (Å²) in [5, 5.41) is 10.6. The first-order valence-electron chi connectivity index (χ1n) is 8.44. The number of aliphatic hydroxyl groups is 1. The molecule has 0 aliphatic heterocycles. The van der Waals surface area contributed by atoms with Crippen molar-refractivity contribution in [2.75, 3.05) is 7.11 Å². The Morgan fingerprint density at radius 3 is 2.33 bits per heavy atom. The summed E-state index contributed by atoms with van der Waals surface area (Å²) in [5.74, 6) is -0.325. The van der Waals surface area contributed by atoms with Gasteiger partial charge in [0.05, 0.1) is 7.11 Å². The molecular weight excluding hydrogens is 362 g/mol. The Kier molecular flexibility index (Phi) is 5.85. The smallest absolute Gasteiger partial charge is 0.417 e. The van der Waals surface area contributed by atoms with E-state index >= 15 is 0 Å². The Bertz CT molecular complexity index is 805. The Balaban J connectivity index is 2.45. The number of pyridine rings is 1. The summed E-state index contributed by atoms with van der Waals surface area (Å²) in [5.41, 5.74) is -3.30. The van der Waals surface area contributed by atoms with Crippen LogP contribution in [0.3, 0.4) is 0 Å². The van der Waals surface area contributed by atoms with Crippen LogP contribution in [-0.2, 0) is 11.8 Å². The van der Waals surface area contributed by atoms with Gasteiger partial charge in [-0.3, -0.25) is 4.98 Å². The Labute approximate surface area is 156 Å². The third-order valence-electron chi connectivity index (χ3n) is 4.57. The van der Waals surface area contributed by atoms with Crippen LogP contribution < -0.4 is 4.74 Å². The average molecular weight is 385 g/mol. The maximum Gasteiger partial charge on any atom is 0.417 e. The van der Waals surface area contributed by atoms with E-state index in [0.717, 1.165) is 6.07 Å². The van der Waals surface area contributed by atoms with Crippen molar-refractivity contribution in [2.24, 2.45) is 0 Å². The highest BCUT2D eigenvalue weighted by Crippen LogP contribution is 2.44. The summed E-state index contributed by atoms with van der Waals surface area (Å²) in [6, 6.07) is 8.37. The average Bonchev–Trinajstić information content (AvgIpc) is 2.53. The number of rotatable bonds is 6. The van der Waals surface area contributed by atoms with Gasteiger partial charge in [-0.15, -0.1) is 0 Å². The van der Waals surface area contributed by atoms with Crippen LogP contribution >= 0.6 is 0 Å². The van der Waals surface area contributed by atoms with E-state index in [0.29, 0.717) is 5.69 Å². The van der Waals surface area contributed by atoms with E-state index in [2.05, 4.69) is 4.98 Å². The number of benzene rings is 1. The van der Waals surface area contributed by atoms with Crippen LogP contribution in [0.2, 0.25) is 0 Å². The zero-order chi connectivity index (χ0) is 20.5. The standard InChI is InChI=1S/C20H23F4NO2/c1-13-6-5-7-15(25-13)11-19(26,20(22,23)24)12-18(2,3)16-10-14(21)8-9-17(16)27-4/h5-10,26H,11-12H2,1-4H3. The molecule has 0 radical (unpaired) electrons. The van der Waals surface area contributed by atoms with E-state index in [4.69, 9.17) is 4.74 Å². The van der Waals surface area contributed by atoms with Crippen molar-refractivity contribution in [2.45, 2.75) is 50.8 Å². The van der Waals surface area contributed by atoms with Crippen LogP contribution in [0.15, 0.2) is 36.4 Å². The maximum atomic E-state index is 13.8. The van der Waals surface area contributed by atoms with E-state index in [1.165, 1.54) is 39.2 Å². The fourth-order valence-corrected chi connectivity index (χ4v) is 3.30. The molecule has 0 saturated heterocycles. The fourth-order valence-electron chi connectivity index (χ4n) is 3.30. The molecule has 1 heterocycles. The number of methoxy groups -OCH3 is 1. The number of alkyl halides is 3. The van der Waals surface area contributed by atoms with E-state index in [1.54, 1.807) is 19.1 Å². The lowest BCUT2D eigenvalue weighted by atomic mass is 9.73. The molecule has 3 nitrogen and oxygen atoms in total. The van der Waals surface area contributed by atoms with Gasteiger partial charge < -0.3 is 9.84 Å². The number of hydrogen-bond donors (Lipinski definition) is 1. The molecule has 0 saturated carbocycles. The first kappa shape index (κ1) is 21.2. The van der Waals surface area contributed by atoms with Crippen molar-refractivity contribution in [1.82, 2.24) is 4.98 Å². The molecule has 2 aromatic rings. The van der Waals surface area contributed by atoms with Crippen LogP contribution in [-0.4, -0.2) is 29.0 Å². The molecule has 1 N–H and O–H groups in total. The van der Waals surface area contributed by atoms with Crippen molar-refractivity contribution in [3.63, 3.8) is 0 Å². The van der Waals surface area contributed by atoms with Crippen molar-refractivity contribution < 1.29 is 27.4 Å². The summed E-state index contributed by atoms with van der Waals surface area (Å²) in [6.45, 7) is 4.70. The molecule has 0 spiro atoms. The normalized spacial score (nSPS) is 14.7. The topological polar surface area (TPSA) is 42.4 Å². The van der Waals surface area contributed by atoms with E-state index in [1.807, 2.05) is 0 Å². The Hall–Kier alpha value is -2.15. The number of ether oxygens (including phenoxy) is 1. The van der Waals surface area contributed by atoms with Gasteiger partial charge in [0.1, 0.15) is 11.6 Å². The van der Waals surface area contributed by atoms with E-state index in [9.17, 15) is 22.7 Å². The van der Waals surface area contributed by atoms with Crippen molar-refractivity contribution in [1.29, 1.82) is 0 Å². The number of aryl methyl sites for hydroxylation is 1. The van der Waals surface area contributed by atoms with Gasteiger partial charge >= 0.3 is 6.18 Å². The van der Waals surface area contributed by atoms with Gasteiger partial charge in [-0.05, 0) is 49.1 Å². The molecular formula is C20H23F4NO2. The molecule has 27 heavy (non-hydrogen) atoms. The minimum absolute atomic E-state index is 0.136. The third-order valence-corrected chi connectivity index (χ3v) is 4.57. The molecule has 1 unspecified atom stereocenters. The third kappa shape index (κ3) is 4.77. The predicted molar refractivity (Wildman–Crippen MR) is 94.3 cm³/mol. The molecule has 0 bridgehead atoms. The quantitative estimate of drug-likeness (QED) is 0.731. The lowest BCUT2D eigenvalue weighted by Gasteiger charge is -2.38. The SMILES string of the molecule is COc1ccc(F)cc1C(C)(C)CC(O)(Cc1cccc(C)n1)C(F)(F)F. The summed E-state index contributed by atoms with van der Waals surface area (Å²) in [7, 11) is 1.36. The van der Waals surface area contributed by atoms with Crippen LogP contribution in [0, 0.1) is 12.7 Å². The lowest BCUT2D eigenvalue weighted by Crippen LogP contribution is -2.51. The second kappa shape index (κ2) is 7.46. The molecule has 0 amide bonds. The Morgan fingerprint density at radius 1 is 1.11 bits per heavy atom. The minimum atomic E-state index is -4.89. The lowest BCUT2D eigenvalue weighted by molar-refractivity contribution is -0.266. The van der Waals surface area contributed by atoms with Gasteiger partial charge in [0.2, 0.25) is 0 Å². The minimum Gasteiger partial charge on any atom is -0.496 e. The monoisotopic (exact) mass is 385 g/mol. The van der Waals surface area contributed by atoms with Gasteiger partial charge in [0.25, 0.3) is 0 Å². The van der Waals surface area contributed by atoms with Gasteiger partial charge in [0, 0.05) is 23.4 Å². The molecule has 0 fully saturated rings. The largest absolute Gasteiger partial charge is 0.496 e. The summed E-state index contributed by atoms with van der Waals surface area (Å²) in [4.78, 5) is 4.08. The maximum absolute atomic E-state index is 13.8. The van der Waals surface area contributed by atoms with E-state index in [-0.39, 0.29) is 17.0 Å². The molecule has 148 valence electrons. The number of nitrogens with zero attached hydrogens (tertiary/aromatic N) is 1. The molecule has 7 heteroatoms. The summed E-state index contributed by atoms with van der Waals surface area (Å²) >= 11 is 0. The van der Waals surface area contributed by atoms with Crippen LogP contribution in [0.25, 0.3) is 0 Å². The zero-order valence-corrected chi connectivity index (χ0v) is 15.7. The first-order chi connectivity index (χ1) is 12.4. The molecule has 1 aromatic heterocycles. The van der Waals surface area contributed by atoms with Crippen LogP contribution in [0.4, 0.5) is 17.6 Å². The second-order valence-corrected chi connectivity index (χ2v) is 7.38. The number of hydrogen-bond acceptors (Lipinski definition) is 3. The van der Waals surface area contributed by atoms with Gasteiger partial charge in [-0.1, -0.05) is 19.9 Å². The highest BCUT2D eigenvalue weighted by Gasteiger charge is 2.56. The van der Waals surface area contributed by atoms with E-state index < -0.39 is 35.9 Å². The zero-order valence-electron chi connectivity index (χ0n) is 15.7. The predicted octanol–water partition coefficient (Wildman–Crippen LogP) is 4.74. The van der Waals surface area contributed by atoms with Gasteiger partial charge in [0.15, 0.2) is 5.60 Å². The van der Waals surface area contributed by atoms with Crippen LogP contribution in [0.1, 0.15) is 37.2 Å². The molecule has 1 atom stereocenters. The van der Waals surface area contributed by atoms with Gasteiger partial charge in [-0.2, -0.15) is 13.2 Å². The van der Waals surface area contributed by atoms with Crippen molar-refractivity contribution in [3.05, 3.63) is 59.2 Å². The number of halogens is 4. The number of aromatic nitrogens is 1. The molecule has 0 aliphatic rings. The highest BCUT2D eigenvalue weighted by atomic mass is 19.4. The summed E-state index contributed by atoms with van der Waals surface area (Å²) in [6.07, 6.45) is -6.27. The van der Waals surface area contributed by atoms with Gasteiger partial charge in [-0.25, -0.2) is 4.39 Å². The van der Waals surface area contributed by atoms with Crippen LogP contribution in [0.5, 0.6) is 5.75 Å². The first-order valence-corrected chi connectivity index (χ1v) is 8.44. The molecule has 0 aliphatic carbocycles.